The highest BCUT2D eigenvalue weighted by Crippen LogP contribution is 2.22. The quantitative estimate of drug-likeness (QED) is 0.746. The highest BCUT2D eigenvalue weighted by atomic mass is 32.2. The number of hydrogen-bond donors (Lipinski definition) is 1. The van der Waals surface area contributed by atoms with Gasteiger partial charge in [0, 0.05) is 19.6 Å². The molecule has 3 heterocycles. The summed E-state index contributed by atoms with van der Waals surface area (Å²) >= 11 is 0. The van der Waals surface area contributed by atoms with Crippen LogP contribution in [0.25, 0.3) is 11.0 Å². The van der Waals surface area contributed by atoms with Gasteiger partial charge in [0.25, 0.3) is 0 Å². The summed E-state index contributed by atoms with van der Waals surface area (Å²) in [5.41, 5.74) is 0.426. The summed E-state index contributed by atoms with van der Waals surface area (Å²) in [6.07, 6.45) is 2.94. The summed E-state index contributed by atoms with van der Waals surface area (Å²) in [6, 6.07) is 3.59. The number of aromatic nitrogens is 2. The van der Waals surface area contributed by atoms with Gasteiger partial charge >= 0.3 is 0 Å². The van der Waals surface area contributed by atoms with Crippen LogP contribution >= 0.6 is 0 Å². The van der Waals surface area contributed by atoms with Gasteiger partial charge in [0.2, 0.25) is 21.8 Å². The van der Waals surface area contributed by atoms with E-state index >= 15 is 0 Å². The molecule has 150 valence electrons. The van der Waals surface area contributed by atoms with Crippen molar-refractivity contribution in [3.8, 4) is 0 Å². The number of piperidine rings is 1. The van der Waals surface area contributed by atoms with Crippen molar-refractivity contribution >= 4 is 32.9 Å². The van der Waals surface area contributed by atoms with Crippen molar-refractivity contribution in [3.05, 3.63) is 18.2 Å². The van der Waals surface area contributed by atoms with Gasteiger partial charge in [0.1, 0.15) is 16.5 Å². The van der Waals surface area contributed by atoms with Gasteiger partial charge in [-0.2, -0.15) is 4.72 Å². The lowest BCUT2D eigenvalue weighted by Crippen LogP contribution is -2.54. The topological polar surface area (TPSA) is 126 Å². The Morgan fingerprint density at radius 1 is 1.18 bits per heavy atom. The Bertz CT molecular complexity index is 998. The first-order valence-electron chi connectivity index (χ1n) is 9.26. The van der Waals surface area contributed by atoms with Crippen molar-refractivity contribution in [1.82, 2.24) is 24.8 Å². The Hall–Kier alpha value is -2.53. The zero-order chi connectivity index (χ0) is 19.7. The van der Waals surface area contributed by atoms with Gasteiger partial charge in [0.05, 0.1) is 6.54 Å². The van der Waals surface area contributed by atoms with E-state index < -0.39 is 16.1 Å². The van der Waals surface area contributed by atoms with Crippen LogP contribution in [0.2, 0.25) is 0 Å². The summed E-state index contributed by atoms with van der Waals surface area (Å²) in [7, 11) is -4.01. The van der Waals surface area contributed by atoms with E-state index in [0.717, 1.165) is 12.8 Å². The molecule has 2 fully saturated rings. The van der Waals surface area contributed by atoms with Crippen LogP contribution in [-0.2, 0) is 19.6 Å². The van der Waals surface area contributed by atoms with Crippen LogP contribution in [0.4, 0.5) is 0 Å². The van der Waals surface area contributed by atoms with E-state index in [1.807, 2.05) is 0 Å². The zero-order valence-electron chi connectivity index (χ0n) is 15.2. The lowest BCUT2D eigenvalue weighted by molar-refractivity contribution is -0.142. The van der Waals surface area contributed by atoms with Crippen LogP contribution in [0, 0.1) is 0 Å². The van der Waals surface area contributed by atoms with Gasteiger partial charge < -0.3 is 9.80 Å². The molecule has 2 amide bonds. The number of sulfonamides is 1. The summed E-state index contributed by atoms with van der Waals surface area (Å²) in [6.45, 7) is 1.86. The minimum atomic E-state index is -4.01. The molecule has 1 aromatic carbocycles. The van der Waals surface area contributed by atoms with E-state index in [9.17, 15) is 18.0 Å². The van der Waals surface area contributed by atoms with Crippen molar-refractivity contribution in [1.29, 1.82) is 0 Å². The highest BCUT2D eigenvalue weighted by Gasteiger charge is 2.35. The van der Waals surface area contributed by atoms with Gasteiger partial charge in [-0.15, -0.1) is 0 Å². The molecule has 1 aromatic heterocycles. The highest BCUT2D eigenvalue weighted by molar-refractivity contribution is 7.89. The van der Waals surface area contributed by atoms with Crippen molar-refractivity contribution in [3.63, 3.8) is 0 Å². The Kier molecular flexibility index (Phi) is 5.02. The Balaban J connectivity index is 1.48. The third-order valence-electron chi connectivity index (χ3n) is 5.15. The molecule has 11 heteroatoms. The molecular formula is C17H21N5O5S. The molecule has 2 aliphatic heterocycles. The van der Waals surface area contributed by atoms with E-state index in [1.165, 1.54) is 17.0 Å². The first kappa shape index (κ1) is 18.8. The predicted octanol–water partition coefficient (Wildman–Crippen LogP) is 0.115. The summed E-state index contributed by atoms with van der Waals surface area (Å²) in [5.74, 6) is -0.472. The summed E-state index contributed by atoms with van der Waals surface area (Å²) in [4.78, 5) is 28.2. The molecule has 0 unspecified atom stereocenters. The van der Waals surface area contributed by atoms with E-state index in [4.69, 9.17) is 0 Å². The van der Waals surface area contributed by atoms with Gasteiger partial charge in [-0.05, 0) is 48.1 Å². The number of nitrogens with zero attached hydrogens (tertiary/aromatic N) is 4. The lowest BCUT2D eigenvalue weighted by Gasteiger charge is -2.33. The second-order valence-electron chi connectivity index (χ2n) is 7.05. The molecule has 0 saturated carbocycles. The van der Waals surface area contributed by atoms with Gasteiger partial charge in [-0.1, -0.05) is 6.07 Å². The number of hydrogen-bond acceptors (Lipinski definition) is 7. The van der Waals surface area contributed by atoms with Crippen LogP contribution in [0.5, 0.6) is 0 Å². The number of fused-ring (bicyclic) bond motifs is 1. The molecular weight excluding hydrogens is 386 g/mol. The van der Waals surface area contributed by atoms with Crippen molar-refractivity contribution in [2.45, 2.75) is 36.6 Å². The average Bonchev–Trinajstić information content (AvgIpc) is 3.35. The molecule has 1 atom stereocenters. The number of amides is 2. The number of carbonyl (C=O) groups is 2. The summed E-state index contributed by atoms with van der Waals surface area (Å²) in [5, 5.41) is 7.29. The fourth-order valence-electron chi connectivity index (χ4n) is 3.69. The molecule has 4 rings (SSSR count). The largest absolute Gasteiger partial charge is 0.341 e. The monoisotopic (exact) mass is 407 g/mol. The first-order valence-corrected chi connectivity index (χ1v) is 10.7. The summed E-state index contributed by atoms with van der Waals surface area (Å²) < 4.78 is 32.7. The van der Waals surface area contributed by atoms with E-state index in [1.54, 1.807) is 11.0 Å². The Morgan fingerprint density at radius 3 is 2.75 bits per heavy atom. The maximum Gasteiger partial charge on any atom is 0.243 e. The van der Waals surface area contributed by atoms with Crippen LogP contribution in [0.1, 0.15) is 25.7 Å². The van der Waals surface area contributed by atoms with Crippen molar-refractivity contribution < 1.29 is 22.6 Å². The van der Waals surface area contributed by atoms with Crippen LogP contribution < -0.4 is 4.72 Å². The molecule has 0 bridgehead atoms. The zero-order valence-corrected chi connectivity index (χ0v) is 16.0. The fourth-order valence-corrected chi connectivity index (χ4v) is 5.06. The van der Waals surface area contributed by atoms with E-state index in [-0.39, 0.29) is 28.8 Å². The first-order chi connectivity index (χ1) is 13.5. The molecule has 28 heavy (non-hydrogen) atoms. The normalized spacial score (nSPS) is 20.9. The molecule has 2 aromatic rings. The second-order valence-corrected chi connectivity index (χ2v) is 8.73. The SMILES string of the molecule is O=C(CN1CCC[C@H](NS(=O)(=O)c2cccc3nonc23)C1=O)N1CCCC1. The minimum absolute atomic E-state index is 0.0140. The molecule has 2 aliphatic rings. The van der Waals surface area contributed by atoms with Crippen molar-refractivity contribution in [2.24, 2.45) is 0 Å². The van der Waals surface area contributed by atoms with Crippen molar-refractivity contribution in [2.75, 3.05) is 26.2 Å². The minimum Gasteiger partial charge on any atom is -0.341 e. The number of benzene rings is 1. The molecule has 1 N–H and O–H groups in total. The number of carbonyl (C=O) groups excluding carboxylic acids is 2. The lowest BCUT2D eigenvalue weighted by atomic mass is 10.1. The molecule has 0 spiro atoms. The molecule has 0 aliphatic carbocycles. The Morgan fingerprint density at radius 2 is 1.96 bits per heavy atom. The molecule has 2 saturated heterocycles. The molecule has 10 nitrogen and oxygen atoms in total. The Labute approximate surface area is 161 Å². The van der Waals surface area contributed by atoms with E-state index in [0.29, 0.717) is 38.0 Å². The van der Waals surface area contributed by atoms with Gasteiger partial charge in [-0.3, -0.25) is 9.59 Å². The fraction of sp³-hybridized carbons (Fsp3) is 0.529. The number of likely N-dealkylation sites (tertiary alicyclic amines) is 2. The average molecular weight is 407 g/mol. The maximum atomic E-state index is 12.8. The number of nitrogens with one attached hydrogen (secondary N) is 1. The second kappa shape index (κ2) is 7.47. The standard InChI is InChI=1S/C17H21N5O5S/c23-15(21-8-1-2-9-21)11-22-10-4-6-13(17(22)24)20-28(25,26)14-7-3-5-12-16(14)19-27-18-12/h3,5,7,13,20H,1-2,4,6,8-11H2/t13-/m0/s1. The molecule has 0 radical (unpaired) electrons. The number of rotatable bonds is 5. The van der Waals surface area contributed by atoms with E-state index in [2.05, 4.69) is 19.7 Å². The smallest absolute Gasteiger partial charge is 0.243 e. The van der Waals surface area contributed by atoms with Crippen LogP contribution in [-0.4, -0.2) is 72.6 Å². The maximum absolute atomic E-state index is 12.8. The van der Waals surface area contributed by atoms with Gasteiger partial charge in [-0.25, -0.2) is 13.0 Å². The third kappa shape index (κ3) is 3.59. The predicted molar refractivity (Wildman–Crippen MR) is 97.5 cm³/mol. The third-order valence-corrected chi connectivity index (χ3v) is 6.65. The van der Waals surface area contributed by atoms with Gasteiger partial charge in [0.15, 0.2) is 5.52 Å². The van der Waals surface area contributed by atoms with Crippen LogP contribution in [0.3, 0.4) is 0 Å². The van der Waals surface area contributed by atoms with Crippen LogP contribution in [0.15, 0.2) is 27.7 Å².